The molecule has 3 aromatic heterocycles. The summed E-state index contributed by atoms with van der Waals surface area (Å²) in [6.45, 7) is 0. The van der Waals surface area contributed by atoms with Gasteiger partial charge in [0.1, 0.15) is 11.2 Å². The van der Waals surface area contributed by atoms with Gasteiger partial charge >= 0.3 is 0 Å². The molecule has 0 atom stereocenters. The van der Waals surface area contributed by atoms with E-state index in [0.717, 1.165) is 93.7 Å². The molecule has 0 saturated heterocycles. The van der Waals surface area contributed by atoms with Crippen LogP contribution in [0.2, 0.25) is 0 Å². The van der Waals surface area contributed by atoms with E-state index in [1.54, 1.807) is 0 Å². The van der Waals surface area contributed by atoms with Crippen molar-refractivity contribution in [3.8, 4) is 39.5 Å². The Labute approximate surface area is 374 Å². The van der Waals surface area contributed by atoms with Crippen LogP contribution >= 0.6 is 0 Å². The van der Waals surface area contributed by atoms with Crippen molar-refractivity contribution in [2.75, 3.05) is 4.90 Å². The monoisotopic (exact) mass is 830 g/mol. The number of fused-ring (bicyclic) bond motifs is 10. The Morgan fingerprint density at radius 2 is 0.862 bits per heavy atom. The van der Waals surface area contributed by atoms with Crippen molar-refractivity contribution in [1.29, 1.82) is 0 Å². The van der Waals surface area contributed by atoms with Crippen molar-refractivity contribution in [3.05, 3.63) is 231 Å². The van der Waals surface area contributed by atoms with Crippen LogP contribution in [0.4, 0.5) is 17.1 Å². The van der Waals surface area contributed by atoms with Crippen molar-refractivity contribution >= 4 is 82.5 Å². The van der Waals surface area contributed by atoms with E-state index in [1.165, 1.54) is 22.3 Å². The minimum atomic E-state index is 0.615. The van der Waals surface area contributed by atoms with Crippen LogP contribution in [0.3, 0.4) is 0 Å². The maximum absolute atomic E-state index is 7.20. The Hall–Kier alpha value is -8.80. The third kappa shape index (κ3) is 6.01. The van der Waals surface area contributed by atoms with Gasteiger partial charge in [0.05, 0.1) is 33.3 Å². The molecule has 0 aliphatic rings. The number of furan rings is 1. The van der Waals surface area contributed by atoms with Crippen molar-refractivity contribution in [2.24, 2.45) is 0 Å². The lowest BCUT2D eigenvalue weighted by Crippen LogP contribution is -2.10. The summed E-state index contributed by atoms with van der Waals surface area (Å²) in [5.74, 6) is 0.615. The molecule has 0 amide bonds. The van der Waals surface area contributed by atoms with Gasteiger partial charge in [0.2, 0.25) is 5.95 Å². The van der Waals surface area contributed by atoms with Crippen molar-refractivity contribution < 1.29 is 4.42 Å². The van der Waals surface area contributed by atoms with Gasteiger partial charge in [0.25, 0.3) is 0 Å². The summed E-state index contributed by atoms with van der Waals surface area (Å²) in [7, 11) is 0. The Kier molecular flexibility index (Phi) is 8.46. The molecule has 0 radical (unpaired) electrons. The van der Waals surface area contributed by atoms with E-state index >= 15 is 0 Å². The number of nitrogens with zero attached hydrogens (tertiary/aromatic N) is 4. The van der Waals surface area contributed by atoms with Gasteiger partial charge in [-0.1, -0.05) is 176 Å². The number of para-hydroxylation sites is 2. The second-order valence-corrected chi connectivity index (χ2v) is 16.5. The molecule has 3 heterocycles. The van der Waals surface area contributed by atoms with Crippen LogP contribution in [-0.4, -0.2) is 14.5 Å². The van der Waals surface area contributed by atoms with Gasteiger partial charge in [-0.25, -0.2) is 9.97 Å². The summed E-state index contributed by atoms with van der Waals surface area (Å²) in [6, 6.07) is 81.4. The lowest BCUT2D eigenvalue weighted by molar-refractivity contribution is 0.676. The molecule has 0 unspecified atom stereocenters. The molecular weight excluding hydrogens is 793 g/mol. The molecule has 0 N–H and O–H groups in total. The van der Waals surface area contributed by atoms with E-state index in [9.17, 15) is 0 Å². The predicted molar refractivity (Wildman–Crippen MR) is 270 cm³/mol. The number of rotatable bonds is 7. The zero-order chi connectivity index (χ0) is 42.8. The number of anilines is 3. The smallest absolute Gasteiger partial charge is 0.235 e. The summed E-state index contributed by atoms with van der Waals surface area (Å²) in [6.07, 6.45) is 0. The van der Waals surface area contributed by atoms with Crippen LogP contribution in [0.5, 0.6) is 0 Å². The first-order chi connectivity index (χ1) is 32.2. The molecule has 0 fully saturated rings. The van der Waals surface area contributed by atoms with Gasteiger partial charge < -0.3 is 9.32 Å². The summed E-state index contributed by atoms with van der Waals surface area (Å²) in [4.78, 5) is 12.9. The first kappa shape index (κ1) is 36.8. The summed E-state index contributed by atoms with van der Waals surface area (Å²) < 4.78 is 9.40. The average Bonchev–Trinajstić information content (AvgIpc) is 3.93. The Morgan fingerprint density at radius 3 is 1.51 bits per heavy atom. The minimum absolute atomic E-state index is 0.615. The van der Waals surface area contributed by atoms with Crippen LogP contribution in [-0.2, 0) is 0 Å². The van der Waals surface area contributed by atoms with E-state index < -0.39 is 0 Å². The molecule has 0 bridgehead atoms. The fourth-order valence-corrected chi connectivity index (χ4v) is 9.76. The van der Waals surface area contributed by atoms with Gasteiger partial charge in [0.15, 0.2) is 0 Å². The largest absolute Gasteiger partial charge is 0.455 e. The maximum atomic E-state index is 7.20. The Balaban J connectivity index is 1.04. The fraction of sp³-hybridized carbons (Fsp3) is 0. The van der Waals surface area contributed by atoms with Crippen LogP contribution in [0.1, 0.15) is 0 Å². The van der Waals surface area contributed by atoms with Gasteiger partial charge in [0, 0.05) is 49.3 Å². The third-order valence-electron chi connectivity index (χ3n) is 12.8. The van der Waals surface area contributed by atoms with E-state index in [4.69, 9.17) is 14.4 Å². The molecule has 65 heavy (non-hydrogen) atoms. The zero-order valence-corrected chi connectivity index (χ0v) is 35.1. The molecule has 5 heteroatoms. The molecule has 0 aliphatic heterocycles. The molecule has 10 aromatic carbocycles. The number of hydrogen-bond acceptors (Lipinski definition) is 4. The molecule has 0 saturated carbocycles. The van der Waals surface area contributed by atoms with Crippen LogP contribution in [0, 0.1) is 0 Å². The van der Waals surface area contributed by atoms with E-state index in [-0.39, 0.29) is 0 Å². The van der Waals surface area contributed by atoms with Crippen LogP contribution < -0.4 is 4.90 Å². The molecule has 5 nitrogen and oxygen atoms in total. The van der Waals surface area contributed by atoms with Gasteiger partial charge in [-0.15, -0.1) is 0 Å². The highest BCUT2D eigenvalue weighted by molar-refractivity contribution is 6.27. The molecule has 304 valence electrons. The second kappa shape index (κ2) is 14.9. The van der Waals surface area contributed by atoms with Gasteiger partial charge in [-0.05, 0) is 76.9 Å². The van der Waals surface area contributed by atoms with Crippen molar-refractivity contribution in [2.45, 2.75) is 0 Å². The number of benzene rings is 10. The quantitative estimate of drug-likeness (QED) is 0.161. The average molecular weight is 831 g/mol. The normalized spacial score (nSPS) is 11.7. The minimum Gasteiger partial charge on any atom is -0.455 e. The Bertz CT molecular complexity index is 3830. The topological polar surface area (TPSA) is 47.1 Å². The van der Waals surface area contributed by atoms with Crippen LogP contribution in [0.25, 0.3) is 105 Å². The highest BCUT2D eigenvalue weighted by atomic mass is 16.3. The molecule has 0 aliphatic carbocycles. The maximum Gasteiger partial charge on any atom is 0.235 e. The SMILES string of the molecule is c1ccc(-c2ccc(N(c3ccc(-c4ccccc4)cc3)c3cc4c5ccc6c(c7ccccc7n6-c6nc(-c7ccccc7)c7ccccc7n6)c5oc4c4ccccc34)cc2)cc1. The van der Waals surface area contributed by atoms with Gasteiger partial charge in [-0.2, -0.15) is 0 Å². The van der Waals surface area contributed by atoms with Gasteiger partial charge in [-0.3, -0.25) is 4.57 Å². The molecule has 0 spiro atoms. The number of hydrogen-bond donors (Lipinski definition) is 0. The Morgan fingerprint density at radius 1 is 0.354 bits per heavy atom. The second-order valence-electron chi connectivity index (χ2n) is 16.5. The highest BCUT2D eigenvalue weighted by Crippen LogP contribution is 2.47. The van der Waals surface area contributed by atoms with Crippen LogP contribution in [0.15, 0.2) is 235 Å². The third-order valence-corrected chi connectivity index (χ3v) is 12.8. The number of aromatic nitrogens is 3. The highest BCUT2D eigenvalue weighted by Gasteiger charge is 2.24. The van der Waals surface area contributed by atoms with E-state index in [1.807, 2.05) is 18.2 Å². The predicted octanol–water partition coefficient (Wildman–Crippen LogP) is 16.3. The van der Waals surface area contributed by atoms with Crippen molar-refractivity contribution in [3.63, 3.8) is 0 Å². The zero-order valence-electron chi connectivity index (χ0n) is 35.1. The molecule has 13 aromatic rings. The first-order valence-corrected chi connectivity index (χ1v) is 22.0. The summed E-state index contributed by atoms with van der Waals surface area (Å²) in [5, 5.41) is 7.36. The lowest BCUT2D eigenvalue weighted by atomic mass is 10.00. The first-order valence-electron chi connectivity index (χ1n) is 22.0. The lowest BCUT2D eigenvalue weighted by Gasteiger charge is -2.27. The van der Waals surface area contributed by atoms with Crippen molar-refractivity contribution in [1.82, 2.24) is 14.5 Å². The van der Waals surface area contributed by atoms with E-state index in [0.29, 0.717) is 5.95 Å². The standard InChI is InChI=1S/C60H38N4O/c1-4-16-39(17-5-1)41-28-32-44(33-29-41)63(45-34-30-42(31-35-45)40-18-6-2-7-19-40)55-38-51-48-36-37-54-56(59(48)65-58(51)47-23-11-10-22-46(47)55)50-25-13-15-27-53(50)64(54)60-61-52-26-14-12-24-49(52)57(62-60)43-20-8-3-9-21-43/h1-38H. The molecular formula is C60H38N4O. The fourth-order valence-electron chi connectivity index (χ4n) is 9.76. The van der Waals surface area contributed by atoms with E-state index in [2.05, 4.69) is 222 Å². The summed E-state index contributed by atoms with van der Waals surface area (Å²) in [5.41, 5.74) is 14.4. The summed E-state index contributed by atoms with van der Waals surface area (Å²) >= 11 is 0. The molecule has 13 rings (SSSR count).